The molecule has 2 rings (SSSR count). The molecule has 0 spiro atoms. The molecule has 7 heteroatoms. The van der Waals surface area contributed by atoms with Crippen LogP contribution in [0.4, 0.5) is 0 Å². The average Bonchev–Trinajstić information content (AvgIpc) is 2.67. The second-order valence-corrected chi connectivity index (χ2v) is 7.00. The summed E-state index contributed by atoms with van der Waals surface area (Å²) in [5.41, 5.74) is 2.04. The minimum Gasteiger partial charge on any atom is -0.496 e. The Bertz CT molecular complexity index is 879. The number of nitrogens with one attached hydrogen (secondary N) is 1. The predicted molar refractivity (Wildman–Crippen MR) is 110 cm³/mol. The number of rotatable bonds is 9. The summed E-state index contributed by atoms with van der Waals surface area (Å²) in [6, 6.07) is 12.0. The molecular weight excluding hydrogens is 394 g/mol. The Kier molecular flexibility index (Phi) is 8.21. The van der Waals surface area contributed by atoms with Crippen LogP contribution in [0.3, 0.4) is 0 Å². The third-order valence-electron chi connectivity index (χ3n) is 4.28. The van der Waals surface area contributed by atoms with Crippen molar-refractivity contribution in [3.63, 3.8) is 0 Å². The fraction of sp³-hybridized carbons (Fsp3) is 0.318. The molecule has 1 N–H and O–H groups in total. The zero-order chi connectivity index (χ0) is 21.4. The highest BCUT2D eigenvalue weighted by atomic mass is 35.5. The molecule has 1 amide bonds. The van der Waals surface area contributed by atoms with Crippen LogP contribution in [0.2, 0.25) is 5.02 Å². The first kappa shape index (κ1) is 22.4. The average molecular weight is 418 g/mol. The van der Waals surface area contributed by atoms with Gasteiger partial charge in [0.05, 0.1) is 13.5 Å². The highest BCUT2D eigenvalue weighted by Gasteiger charge is 2.20. The number of ketones is 1. The maximum absolute atomic E-state index is 12.5. The summed E-state index contributed by atoms with van der Waals surface area (Å²) in [4.78, 5) is 35.7. The Morgan fingerprint density at radius 3 is 2.41 bits per heavy atom. The number of hydrogen-bond donors (Lipinski definition) is 1. The van der Waals surface area contributed by atoms with Crippen molar-refractivity contribution in [2.45, 2.75) is 32.8 Å². The van der Waals surface area contributed by atoms with Crippen LogP contribution in [-0.4, -0.2) is 37.4 Å². The van der Waals surface area contributed by atoms with Gasteiger partial charge in [0.2, 0.25) is 11.7 Å². The van der Waals surface area contributed by atoms with Crippen LogP contribution in [0, 0.1) is 0 Å². The zero-order valence-electron chi connectivity index (χ0n) is 16.7. The summed E-state index contributed by atoms with van der Waals surface area (Å²) in [5.74, 6) is -0.383. The van der Waals surface area contributed by atoms with Crippen LogP contribution in [0.25, 0.3) is 0 Å². The van der Waals surface area contributed by atoms with Crippen molar-refractivity contribution in [3.8, 4) is 5.75 Å². The lowest BCUT2D eigenvalue weighted by atomic mass is 10.0. The molecule has 0 aliphatic rings. The van der Waals surface area contributed by atoms with Gasteiger partial charge in [-0.05, 0) is 37.1 Å². The van der Waals surface area contributed by atoms with E-state index in [4.69, 9.17) is 21.1 Å². The van der Waals surface area contributed by atoms with Gasteiger partial charge in [0.15, 0.2) is 6.10 Å². The number of carbonyl (C=O) groups is 3. The van der Waals surface area contributed by atoms with Crippen LogP contribution in [0.1, 0.15) is 35.3 Å². The second kappa shape index (κ2) is 10.6. The van der Waals surface area contributed by atoms with E-state index in [0.29, 0.717) is 34.9 Å². The van der Waals surface area contributed by atoms with E-state index in [1.165, 1.54) is 14.0 Å². The normalized spacial score (nSPS) is 11.4. The van der Waals surface area contributed by atoms with Crippen molar-refractivity contribution in [3.05, 3.63) is 64.2 Å². The van der Waals surface area contributed by atoms with Crippen molar-refractivity contribution >= 4 is 29.3 Å². The summed E-state index contributed by atoms with van der Waals surface area (Å²) in [5, 5.41) is 3.20. The van der Waals surface area contributed by atoms with E-state index in [9.17, 15) is 14.4 Å². The molecular formula is C22H24ClNO5. The first-order valence-corrected chi connectivity index (χ1v) is 9.57. The minimum atomic E-state index is -0.919. The van der Waals surface area contributed by atoms with Gasteiger partial charge in [0.1, 0.15) is 5.75 Å². The molecule has 0 aliphatic heterocycles. The molecule has 0 bridgehead atoms. The van der Waals surface area contributed by atoms with E-state index in [1.807, 2.05) is 12.1 Å². The lowest BCUT2D eigenvalue weighted by molar-refractivity contribution is -0.145. The Morgan fingerprint density at radius 2 is 1.79 bits per heavy atom. The number of methoxy groups -OCH3 is 1. The van der Waals surface area contributed by atoms with E-state index < -0.39 is 12.1 Å². The van der Waals surface area contributed by atoms with Crippen LogP contribution in [0.5, 0.6) is 5.75 Å². The summed E-state index contributed by atoms with van der Waals surface area (Å²) < 4.78 is 10.5. The molecule has 6 nitrogen and oxygen atoms in total. The number of amides is 1. The standard InChI is InChI=1S/C22H24ClNO5/c1-14(29-21(26)13-18-12-19(23)8-9-20(18)28-3)22(27)17-6-4-16(5-7-17)10-11-24-15(2)25/h4-9,12,14H,10-11,13H2,1-3H3,(H,24,25)/t14-/m1/s1. The predicted octanol–water partition coefficient (Wildman–Crippen LogP) is 3.38. The second-order valence-electron chi connectivity index (χ2n) is 6.56. The molecule has 0 saturated heterocycles. The third-order valence-corrected chi connectivity index (χ3v) is 4.52. The maximum Gasteiger partial charge on any atom is 0.311 e. The highest BCUT2D eigenvalue weighted by Crippen LogP contribution is 2.23. The number of hydrogen-bond acceptors (Lipinski definition) is 5. The first-order valence-electron chi connectivity index (χ1n) is 9.19. The molecule has 0 unspecified atom stereocenters. The molecule has 0 saturated carbocycles. The number of halogens is 1. The van der Waals surface area contributed by atoms with Gasteiger partial charge in [0, 0.05) is 29.6 Å². The number of benzene rings is 2. The molecule has 0 aromatic heterocycles. The molecule has 154 valence electrons. The number of Topliss-reactive ketones (excluding diaryl/α,β-unsaturated/α-hetero) is 1. The molecule has 0 aliphatic carbocycles. The molecule has 0 fully saturated rings. The lowest BCUT2D eigenvalue weighted by Crippen LogP contribution is -2.25. The molecule has 0 radical (unpaired) electrons. The van der Waals surface area contributed by atoms with E-state index >= 15 is 0 Å². The van der Waals surface area contributed by atoms with Crippen LogP contribution in [-0.2, 0) is 27.2 Å². The van der Waals surface area contributed by atoms with E-state index in [0.717, 1.165) is 5.56 Å². The summed E-state index contributed by atoms with van der Waals surface area (Å²) >= 11 is 5.97. The number of ether oxygens (including phenoxy) is 2. The Balaban J connectivity index is 1.93. The van der Waals surface area contributed by atoms with Gasteiger partial charge in [-0.25, -0.2) is 0 Å². The third kappa shape index (κ3) is 6.91. The van der Waals surface area contributed by atoms with Crippen molar-refractivity contribution in [1.29, 1.82) is 0 Å². The quantitative estimate of drug-likeness (QED) is 0.499. The fourth-order valence-electron chi connectivity index (χ4n) is 2.79. The van der Waals surface area contributed by atoms with Gasteiger partial charge in [-0.3, -0.25) is 14.4 Å². The smallest absolute Gasteiger partial charge is 0.311 e. The largest absolute Gasteiger partial charge is 0.496 e. The topological polar surface area (TPSA) is 81.7 Å². The Hall–Kier alpha value is -2.86. The monoisotopic (exact) mass is 417 g/mol. The van der Waals surface area contributed by atoms with Crippen LogP contribution >= 0.6 is 11.6 Å². The maximum atomic E-state index is 12.5. The van der Waals surface area contributed by atoms with Gasteiger partial charge in [-0.1, -0.05) is 35.9 Å². The minimum absolute atomic E-state index is 0.0521. The lowest BCUT2D eigenvalue weighted by Gasteiger charge is -2.14. The summed E-state index contributed by atoms with van der Waals surface area (Å²) in [6.07, 6.45) is -0.304. The summed E-state index contributed by atoms with van der Waals surface area (Å²) in [7, 11) is 1.50. The number of esters is 1. The van der Waals surface area contributed by atoms with Gasteiger partial charge < -0.3 is 14.8 Å². The summed E-state index contributed by atoms with van der Waals surface area (Å²) in [6.45, 7) is 3.54. The van der Waals surface area contributed by atoms with Crippen molar-refractivity contribution in [2.75, 3.05) is 13.7 Å². The van der Waals surface area contributed by atoms with E-state index in [2.05, 4.69) is 5.32 Å². The van der Waals surface area contributed by atoms with Gasteiger partial charge in [0.25, 0.3) is 0 Å². The fourth-order valence-corrected chi connectivity index (χ4v) is 2.98. The Labute approximate surface area is 175 Å². The zero-order valence-corrected chi connectivity index (χ0v) is 17.4. The van der Waals surface area contributed by atoms with Crippen LogP contribution in [0.15, 0.2) is 42.5 Å². The SMILES string of the molecule is COc1ccc(Cl)cc1CC(=O)O[C@H](C)C(=O)c1ccc(CCNC(C)=O)cc1. The van der Waals surface area contributed by atoms with E-state index in [-0.39, 0.29) is 18.1 Å². The molecule has 2 aromatic carbocycles. The molecule has 29 heavy (non-hydrogen) atoms. The molecule has 1 atom stereocenters. The molecule has 0 heterocycles. The highest BCUT2D eigenvalue weighted by molar-refractivity contribution is 6.30. The number of carbonyl (C=O) groups excluding carboxylic acids is 3. The van der Waals surface area contributed by atoms with Crippen molar-refractivity contribution in [1.82, 2.24) is 5.32 Å². The van der Waals surface area contributed by atoms with Gasteiger partial charge in [-0.2, -0.15) is 0 Å². The van der Waals surface area contributed by atoms with Crippen molar-refractivity contribution in [2.24, 2.45) is 0 Å². The molecule has 2 aromatic rings. The van der Waals surface area contributed by atoms with Crippen LogP contribution < -0.4 is 10.1 Å². The van der Waals surface area contributed by atoms with Crippen molar-refractivity contribution < 1.29 is 23.9 Å². The van der Waals surface area contributed by atoms with Gasteiger partial charge in [-0.15, -0.1) is 0 Å². The van der Waals surface area contributed by atoms with Gasteiger partial charge >= 0.3 is 5.97 Å². The Morgan fingerprint density at radius 1 is 1.10 bits per heavy atom. The van der Waals surface area contributed by atoms with E-state index in [1.54, 1.807) is 37.3 Å². The first-order chi connectivity index (χ1) is 13.8.